The Bertz CT molecular complexity index is 673. The van der Waals surface area contributed by atoms with Gasteiger partial charge in [0.2, 0.25) is 23.6 Å². The zero-order chi connectivity index (χ0) is 25.0. The quantitative estimate of drug-likeness (QED) is 0.177. The highest BCUT2D eigenvalue weighted by molar-refractivity contribution is 7.98. The topological polar surface area (TPSA) is 194 Å². The fraction of sp³-hybridized carbons (Fsp3) is 0.750. The molecule has 4 amide bonds. The molecule has 0 radical (unpaired) electrons. The van der Waals surface area contributed by atoms with Gasteiger partial charge in [-0.3, -0.25) is 19.2 Å². The zero-order valence-electron chi connectivity index (χ0n) is 19.3. The summed E-state index contributed by atoms with van der Waals surface area (Å²) in [7, 11) is 0. The summed E-state index contributed by atoms with van der Waals surface area (Å²) >= 11 is 1.47. The second-order valence-corrected chi connectivity index (χ2v) is 9.24. The summed E-state index contributed by atoms with van der Waals surface area (Å²) in [6.45, 7) is 6.77. The number of amides is 4. The molecule has 0 saturated carbocycles. The lowest BCUT2D eigenvalue weighted by Gasteiger charge is -2.27. The zero-order valence-corrected chi connectivity index (χ0v) is 20.2. The smallest absolute Gasteiger partial charge is 0.326 e. The largest absolute Gasteiger partial charge is 0.480 e. The summed E-state index contributed by atoms with van der Waals surface area (Å²) < 4.78 is 0. The molecule has 4 unspecified atom stereocenters. The van der Waals surface area contributed by atoms with Crippen LogP contribution in [-0.4, -0.2) is 70.9 Å². The van der Waals surface area contributed by atoms with Crippen LogP contribution in [0.2, 0.25) is 0 Å². The summed E-state index contributed by atoms with van der Waals surface area (Å²) in [5, 5.41) is 17.0. The van der Waals surface area contributed by atoms with Gasteiger partial charge in [0.05, 0.1) is 6.04 Å². The third-order valence-electron chi connectivity index (χ3n) is 4.76. The molecule has 0 aromatic heterocycles. The molecule has 184 valence electrons. The number of rotatable bonds is 15. The van der Waals surface area contributed by atoms with Gasteiger partial charge in [0.15, 0.2) is 0 Å². The van der Waals surface area contributed by atoms with E-state index in [0.29, 0.717) is 5.75 Å². The van der Waals surface area contributed by atoms with Gasteiger partial charge in [-0.05, 0) is 36.7 Å². The van der Waals surface area contributed by atoms with Gasteiger partial charge in [-0.1, -0.05) is 27.7 Å². The number of hydrogen-bond acceptors (Lipinski definition) is 7. The van der Waals surface area contributed by atoms with Crippen LogP contribution >= 0.6 is 11.8 Å². The second-order valence-electron chi connectivity index (χ2n) is 8.25. The number of carboxylic acid groups (broad SMARTS) is 1. The number of aliphatic carboxylic acids is 1. The van der Waals surface area contributed by atoms with Crippen LogP contribution in [0, 0.1) is 11.8 Å². The van der Waals surface area contributed by atoms with Gasteiger partial charge < -0.3 is 32.5 Å². The molecule has 32 heavy (non-hydrogen) atoms. The lowest BCUT2D eigenvalue weighted by atomic mass is 10.0. The highest BCUT2D eigenvalue weighted by Crippen LogP contribution is 2.08. The Hall–Kier alpha value is -2.34. The van der Waals surface area contributed by atoms with E-state index in [1.54, 1.807) is 27.7 Å². The standard InChI is InChI=1S/C20H37N5O6S/c1-10(2)15(24-17(27)12(21)6-7-14(22)26)19(29)23-13(8-9-32-5)18(28)25-16(11(3)4)20(30)31/h10-13,15-16H,6-9,21H2,1-5H3,(H2,22,26)(H,23,29)(H,24,27)(H,25,28)(H,30,31). The predicted octanol–water partition coefficient (Wildman–Crippen LogP) is -0.817. The Morgan fingerprint density at radius 3 is 1.81 bits per heavy atom. The van der Waals surface area contributed by atoms with E-state index in [2.05, 4.69) is 16.0 Å². The Morgan fingerprint density at radius 1 is 0.844 bits per heavy atom. The van der Waals surface area contributed by atoms with Gasteiger partial charge in [-0.25, -0.2) is 4.79 Å². The first-order valence-electron chi connectivity index (χ1n) is 10.5. The van der Waals surface area contributed by atoms with Crippen molar-refractivity contribution < 1.29 is 29.1 Å². The van der Waals surface area contributed by atoms with Crippen molar-refractivity contribution in [3.05, 3.63) is 0 Å². The average Bonchev–Trinajstić information content (AvgIpc) is 2.69. The van der Waals surface area contributed by atoms with Crippen LogP contribution in [0.3, 0.4) is 0 Å². The molecule has 0 rings (SSSR count). The van der Waals surface area contributed by atoms with Crippen molar-refractivity contribution in [2.45, 2.75) is 71.1 Å². The maximum atomic E-state index is 12.9. The number of hydrogen-bond donors (Lipinski definition) is 6. The fourth-order valence-corrected chi connectivity index (χ4v) is 3.23. The molecule has 11 nitrogen and oxygen atoms in total. The van der Waals surface area contributed by atoms with Gasteiger partial charge in [0.25, 0.3) is 0 Å². The molecule has 0 aliphatic carbocycles. The molecule has 0 aromatic carbocycles. The van der Waals surface area contributed by atoms with Gasteiger partial charge in [-0.15, -0.1) is 0 Å². The molecule has 8 N–H and O–H groups in total. The van der Waals surface area contributed by atoms with E-state index in [-0.39, 0.29) is 31.1 Å². The molecule has 12 heteroatoms. The van der Waals surface area contributed by atoms with E-state index >= 15 is 0 Å². The molecule has 0 aliphatic heterocycles. The monoisotopic (exact) mass is 475 g/mol. The minimum Gasteiger partial charge on any atom is -0.480 e. The lowest BCUT2D eigenvalue weighted by molar-refractivity contribution is -0.143. The van der Waals surface area contributed by atoms with Gasteiger partial charge in [0.1, 0.15) is 18.1 Å². The molecule has 0 heterocycles. The van der Waals surface area contributed by atoms with E-state index in [1.807, 2.05) is 6.26 Å². The average molecular weight is 476 g/mol. The molecule has 0 spiro atoms. The third-order valence-corrected chi connectivity index (χ3v) is 5.40. The number of thioether (sulfide) groups is 1. The molecule has 0 aliphatic rings. The van der Waals surface area contributed by atoms with Crippen molar-refractivity contribution in [2.24, 2.45) is 23.3 Å². The maximum absolute atomic E-state index is 12.9. The fourth-order valence-electron chi connectivity index (χ4n) is 2.76. The van der Waals surface area contributed by atoms with Gasteiger partial charge >= 0.3 is 5.97 Å². The van der Waals surface area contributed by atoms with Crippen LogP contribution < -0.4 is 27.4 Å². The van der Waals surface area contributed by atoms with Crippen LogP contribution in [0.1, 0.15) is 47.0 Å². The molecule has 0 bridgehead atoms. The van der Waals surface area contributed by atoms with Crippen molar-refractivity contribution in [2.75, 3.05) is 12.0 Å². The number of carboxylic acids is 1. The van der Waals surface area contributed by atoms with E-state index in [0.717, 1.165) is 0 Å². The Kier molecular flexibility index (Phi) is 13.6. The van der Waals surface area contributed by atoms with Crippen LogP contribution in [-0.2, 0) is 24.0 Å². The minimum atomic E-state index is -1.17. The van der Waals surface area contributed by atoms with Crippen LogP contribution in [0.5, 0.6) is 0 Å². The minimum absolute atomic E-state index is 0.0398. The van der Waals surface area contributed by atoms with Crippen molar-refractivity contribution in [1.82, 2.24) is 16.0 Å². The molecular weight excluding hydrogens is 438 g/mol. The molecule has 0 saturated heterocycles. The van der Waals surface area contributed by atoms with Crippen LogP contribution in [0.25, 0.3) is 0 Å². The number of nitrogens with two attached hydrogens (primary N) is 2. The second kappa shape index (κ2) is 14.7. The molecule has 0 aromatic rings. The van der Waals surface area contributed by atoms with E-state index < -0.39 is 53.8 Å². The summed E-state index contributed by atoms with van der Waals surface area (Å²) in [5.74, 6) is -3.69. The highest BCUT2D eigenvalue weighted by atomic mass is 32.2. The van der Waals surface area contributed by atoms with E-state index in [1.165, 1.54) is 11.8 Å². The summed E-state index contributed by atoms with van der Waals surface area (Å²) in [4.78, 5) is 60.3. The van der Waals surface area contributed by atoms with Crippen molar-refractivity contribution >= 4 is 41.4 Å². The highest BCUT2D eigenvalue weighted by Gasteiger charge is 2.32. The van der Waals surface area contributed by atoms with Gasteiger partial charge in [-0.2, -0.15) is 11.8 Å². The van der Waals surface area contributed by atoms with Crippen LogP contribution in [0.4, 0.5) is 0 Å². The van der Waals surface area contributed by atoms with Crippen molar-refractivity contribution in [1.29, 1.82) is 0 Å². The number of nitrogens with one attached hydrogen (secondary N) is 3. The number of carbonyl (C=O) groups excluding carboxylic acids is 4. The Morgan fingerprint density at radius 2 is 1.38 bits per heavy atom. The first kappa shape index (κ1) is 29.7. The first-order valence-corrected chi connectivity index (χ1v) is 11.9. The first-order chi connectivity index (χ1) is 14.8. The Labute approximate surface area is 193 Å². The third kappa shape index (κ3) is 10.8. The molecule has 0 fully saturated rings. The Balaban J connectivity index is 5.34. The summed E-state index contributed by atoms with van der Waals surface area (Å²) in [6, 6.07) is -4.07. The summed E-state index contributed by atoms with van der Waals surface area (Å²) in [5.41, 5.74) is 10.8. The van der Waals surface area contributed by atoms with Crippen LogP contribution in [0.15, 0.2) is 0 Å². The maximum Gasteiger partial charge on any atom is 0.326 e. The lowest BCUT2D eigenvalue weighted by Crippen LogP contribution is -2.58. The summed E-state index contributed by atoms with van der Waals surface area (Å²) in [6.07, 6.45) is 2.10. The van der Waals surface area contributed by atoms with Crippen molar-refractivity contribution in [3.8, 4) is 0 Å². The van der Waals surface area contributed by atoms with Crippen molar-refractivity contribution in [3.63, 3.8) is 0 Å². The number of carbonyl (C=O) groups is 5. The normalized spacial score (nSPS) is 14.9. The number of primary amides is 1. The molecule has 4 atom stereocenters. The SMILES string of the molecule is CSCCC(NC(=O)C(NC(=O)C(N)CCC(N)=O)C(C)C)C(=O)NC(C(=O)O)C(C)C. The predicted molar refractivity (Wildman–Crippen MR) is 123 cm³/mol. The van der Waals surface area contributed by atoms with E-state index in [4.69, 9.17) is 11.5 Å². The molecular formula is C20H37N5O6S. The van der Waals surface area contributed by atoms with E-state index in [9.17, 15) is 29.1 Å². The van der Waals surface area contributed by atoms with Gasteiger partial charge in [0, 0.05) is 6.42 Å².